The molecule has 0 unspecified atom stereocenters. The summed E-state index contributed by atoms with van der Waals surface area (Å²) in [6.07, 6.45) is 0.491. The molecule has 2 heterocycles. The summed E-state index contributed by atoms with van der Waals surface area (Å²) in [4.78, 5) is 16.5. The van der Waals surface area contributed by atoms with Crippen molar-refractivity contribution in [2.45, 2.75) is 56.9 Å². The molecule has 4 aliphatic rings. The maximum Gasteiger partial charge on any atom is 0.280 e. The predicted molar refractivity (Wildman–Crippen MR) is 91.3 cm³/mol. The number of rotatable bonds is 4. The molecule has 2 aromatic heterocycles. The van der Waals surface area contributed by atoms with Gasteiger partial charge in [0.15, 0.2) is 11.3 Å². The van der Waals surface area contributed by atoms with Crippen molar-refractivity contribution >= 4 is 11.6 Å². The van der Waals surface area contributed by atoms with Crippen molar-refractivity contribution in [3.8, 4) is 0 Å². The molecule has 0 radical (unpaired) electrons. The van der Waals surface area contributed by atoms with Crippen molar-refractivity contribution in [3.05, 3.63) is 29.2 Å². The predicted octanol–water partition coefficient (Wildman–Crippen LogP) is 4.30. The highest BCUT2D eigenvalue weighted by molar-refractivity contribution is 5.93. The van der Waals surface area contributed by atoms with E-state index in [0.717, 1.165) is 23.8 Å². The van der Waals surface area contributed by atoms with Crippen LogP contribution in [0.15, 0.2) is 12.1 Å². The zero-order chi connectivity index (χ0) is 19.6. The van der Waals surface area contributed by atoms with E-state index in [9.17, 15) is 22.4 Å². The number of nitrogens with one attached hydrogen (secondary N) is 1. The molecule has 6 rings (SSSR count). The van der Waals surface area contributed by atoms with Crippen LogP contribution in [0.3, 0.4) is 0 Å². The normalized spacial score (nSPS) is 31.3. The number of carbonyl (C=O) groups excluding carboxylic acids is 1. The molecule has 2 aromatic rings. The van der Waals surface area contributed by atoms with Crippen LogP contribution in [0.25, 0.3) is 5.65 Å². The van der Waals surface area contributed by atoms with Crippen LogP contribution in [-0.2, 0) is 0 Å². The molecule has 4 aliphatic carbocycles. The summed E-state index contributed by atoms with van der Waals surface area (Å²) in [6.45, 7) is 0. The molecule has 1 amide bonds. The van der Waals surface area contributed by atoms with Crippen LogP contribution in [0.4, 0.5) is 17.6 Å². The number of amides is 1. The minimum atomic E-state index is -3.01. The molecule has 0 aromatic carbocycles. The topological polar surface area (TPSA) is 59.3 Å². The lowest BCUT2D eigenvalue weighted by Crippen LogP contribution is -2.59. The Kier molecular flexibility index (Phi) is 3.93. The van der Waals surface area contributed by atoms with Gasteiger partial charge in [-0.3, -0.25) is 4.79 Å². The van der Waals surface area contributed by atoms with Crippen LogP contribution < -0.4 is 5.32 Å². The molecule has 0 spiro atoms. The molecule has 9 heteroatoms. The SMILES string of the molecule is O=C(NC12CC3CC(CC(C3)C1)C2)c1cc2nc(C(F)F)cc(C(F)F)n2n1. The Labute approximate surface area is 158 Å². The van der Waals surface area contributed by atoms with Gasteiger partial charge in [-0.05, 0) is 62.3 Å². The van der Waals surface area contributed by atoms with E-state index in [4.69, 9.17) is 0 Å². The van der Waals surface area contributed by atoms with Crippen molar-refractivity contribution < 1.29 is 22.4 Å². The van der Waals surface area contributed by atoms with E-state index < -0.39 is 30.1 Å². The zero-order valence-corrected chi connectivity index (χ0v) is 15.0. The fourth-order valence-electron chi connectivity index (χ4n) is 5.96. The van der Waals surface area contributed by atoms with E-state index in [0.29, 0.717) is 23.8 Å². The second-order valence-corrected chi connectivity index (χ2v) is 8.66. The second-order valence-electron chi connectivity index (χ2n) is 8.66. The van der Waals surface area contributed by atoms with Crippen LogP contribution in [0, 0.1) is 17.8 Å². The van der Waals surface area contributed by atoms with Gasteiger partial charge in [0.1, 0.15) is 11.4 Å². The minimum absolute atomic E-state index is 0.0726. The Morgan fingerprint density at radius 2 is 1.64 bits per heavy atom. The maximum atomic E-state index is 13.3. The van der Waals surface area contributed by atoms with Gasteiger partial charge >= 0.3 is 0 Å². The molecule has 1 N–H and O–H groups in total. The molecule has 0 saturated heterocycles. The average molecular weight is 396 g/mol. The third-order valence-corrected chi connectivity index (χ3v) is 6.57. The summed E-state index contributed by atoms with van der Waals surface area (Å²) in [7, 11) is 0. The van der Waals surface area contributed by atoms with Gasteiger partial charge in [-0.1, -0.05) is 0 Å². The maximum absolute atomic E-state index is 13.3. The molecule has 0 aliphatic heterocycles. The Hall–Kier alpha value is -2.19. The first-order valence-electron chi connectivity index (χ1n) is 9.61. The first kappa shape index (κ1) is 17.9. The van der Waals surface area contributed by atoms with Gasteiger partial charge in [-0.2, -0.15) is 5.10 Å². The van der Waals surface area contributed by atoms with Crippen LogP contribution in [-0.4, -0.2) is 26.0 Å². The summed E-state index contributed by atoms with van der Waals surface area (Å²) in [5.74, 6) is 1.45. The summed E-state index contributed by atoms with van der Waals surface area (Å²) < 4.78 is 53.3. The number of hydrogen-bond acceptors (Lipinski definition) is 3. The molecule has 4 bridgehead atoms. The monoisotopic (exact) mass is 396 g/mol. The average Bonchev–Trinajstić information content (AvgIpc) is 3.03. The second kappa shape index (κ2) is 6.15. The quantitative estimate of drug-likeness (QED) is 0.784. The first-order valence-corrected chi connectivity index (χ1v) is 9.61. The van der Waals surface area contributed by atoms with Crippen molar-refractivity contribution in [1.82, 2.24) is 19.9 Å². The number of halogens is 4. The Morgan fingerprint density at radius 1 is 1.04 bits per heavy atom. The molecule has 150 valence electrons. The number of aromatic nitrogens is 3. The fourth-order valence-corrected chi connectivity index (χ4v) is 5.96. The number of nitrogens with zero attached hydrogens (tertiary/aromatic N) is 3. The molecule has 5 nitrogen and oxygen atoms in total. The van der Waals surface area contributed by atoms with Crippen molar-refractivity contribution in [2.24, 2.45) is 17.8 Å². The largest absolute Gasteiger partial charge is 0.345 e. The van der Waals surface area contributed by atoms with E-state index in [1.165, 1.54) is 25.3 Å². The van der Waals surface area contributed by atoms with Crippen LogP contribution in [0.1, 0.15) is 73.3 Å². The Morgan fingerprint density at radius 3 is 2.18 bits per heavy atom. The summed E-state index contributed by atoms with van der Waals surface area (Å²) in [5.41, 5.74) is -1.96. The summed E-state index contributed by atoms with van der Waals surface area (Å²) in [6, 6.07) is 1.84. The smallest absolute Gasteiger partial charge is 0.280 e. The highest BCUT2D eigenvalue weighted by Gasteiger charge is 2.51. The first-order chi connectivity index (χ1) is 13.3. The molecule has 28 heavy (non-hydrogen) atoms. The van der Waals surface area contributed by atoms with Crippen LogP contribution in [0.5, 0.6) is 0 Å². The standard InChI is InChI=1S/C19H20F4N4O/c20-16(21)12-4-14(17(22)23)27-15(24-12)5-13(26-27)18(28)25-19-6-9-1-10(7-19)3-11(2-9)8-19/h4-5,9-11,16-17H,1-3,6-8H2,(H,25,28). The van der Waals surface area contributed by atoms with Crippen molar-refractivity contribution in [2.75, 3.05) is 0 Å². The zero-order valence-electron chi connectivity index (χ0n) is 15.0. The molecule has 4 saturated carbocycles. The molecule has 4 fully saturated rings. The highest BCUT2D eigenvalue weighted by Crippen LogP contribution is 2.55. The van der Waals surface area contributed by atoms with Crippen LogP contribution >= 0.6 is 0 Å². The third kappa shape index (κ3) is 2.86. The van der Waals surface area contributed by atoms with Gasteiger partial charge in [0.05, 0.1) is 0 Å². The number of fused-ring (bicyclic) bond motifs is 1. The van der Waals surface area contributed by atoms with E-state index in [1.807, 2.05) is 0 Å². The number of alkyl halides is 4. The lowest BCUT2D eigenvalue weighted by Gasteiger charge is -2.56. The molecular weight excluding hydrogens is 376 g/mol. The van der Waals surface area contributed by atoms with Gasteiger partial charge in [-0.15, -0.1) is 0 Å². The van der Waals surface area contributed by atoms with Gasteiger partial charge in [0, 0.05) is 11.6 Å². The van der Waals surface area contributed by atoms with E-state index >= 15 is 0 Å². The van der Waals surface area contributed by atoms with Crippen molar-refractivity contribution in [3.63, 3.8) is 0 Å². The fraction of sp³-hybridized carbons (Fsp3) is 0.632. The molecular formula is C19H20F4N4O. The third-order valence-electron chi connectivity index (χ3n) is 6.57. The highest BCUT2D eigenvalue weighted by atomic mass is 19.3. The lowest BCUT2D eigenvalue weighted by atomic mass is 9.53. The number of hydrogen-bond donors (Lipinski definition) is 1. The Balaban J connectivity index is 1.46. The van der Waals surface area contributed by atoms with E-state index in [2.05, 4.69) is 15.4 Å². The van der Waals surface area contributed by atoms with Gasteiger partial charge in [0.2, 0.25) is 0 Å². The van der Waals surface area contributed by atoms with E-state index in [1.54, 1.807) is 0 Å². The lowest BCUT2D eigenvalue weighted by molar-refractivity contribution is -0.0168. The van der Waals surface area contributed by atoms with Crippen molar-refractivity contribution in [1.29, 1.82) is 0 Å². The van der Waals surface area contributed by atoms with Gasteiger partial charge in [0.25, 0.3) is 18.8 Å². The van der Waals surface area contributed by atoms with Gasteiger partial charge < -0.3 is 5.32 Å². The van der Waals surface area contributed by atoms with Gasteiger partial charge in [-0.25, -0.2) is 27.1 Å². The van der Waals surface area contributed by atoms with E-state index in [-0.39, 0.29) is 16.9 Å². The number of carbonyl (C=O) groups is 1. The van der Waals surface area contributed by atoms with Crippen LogP contribution in [0.2, 0.25) is 0 Å². The summed E-state index contributed by atoms with van der Waals surface area (Å²) >= 11 is 0. The Bertz CT molecular complexity index is 906. The minimum Gasteiger partial charge on any atom is -0.345 e. The molecule has 0 atom stereocenters. The summed E-state index contributed by atoms with van der Waals surface area (Å²) in [5, 5.41) is 7.06.